The average Bonchev–Trinajstić information content (AvgIpc) is 2.88. The maximum absolute atomic E-state index is 5.78. The van der Waals surface area contributed by atoms with Crippen LogP contribution in [0, 0.1) is 0 Å². The van der Waals surface area contributed by atoms with Gasteiger partial charge in [0, 0.05) is 19.8 Å². The standard InChI is InChI=1S/C13H21NO2S/c1(12-4-10-17-11-12)5-14-6-9-16-13-2-7-15-8-3-13/h4,10-11,13-14H,1-3,5-9H2. The fraction of sp³-hybridized carbons (Fsp3) is 0.692. The number of nitrogens with one attached hydrogen (secondary N) is 1. The minimum absolute atomic E-state index is 0.419. The van der Waals surface area contributed by atoms with Crippen molar-refractivity contribution in [1.82, 2.24) is 5.32 Å². The van der Waals surface area contributed by atoms with Crippen LogP contribution in [-0.2, 0) is 15.9 Å². The van der Waals surface area contributed by atoms with Gasteiger partial charge < -0.3 is 14.8 Å². The quantitative estimate of drug-likeness (QED) is 0.757. The molecule has 1 aliphatic heterocycles. The molecule has 0 unspecified atom stereocenters. The maximum atomic E-state index is 5.78. The molecule has 2 rings (SSSR count). The molecule has 0 atom stereocenters. The Labute approximate surface area is 107 Å². The summed E-state index contributed by atoms with van der Waals surface area (Å²) in [5, 5.41) is 7.75. The number of ether oxygens (including phenoxy) is 2. The van der Waals surface area contributed by atoms with Gasteiger partial charge in [-0.3, -0.25) is 0 Å². The van der Waals surface area contributed by atoms with E-state index in [1.807, 2.05) is 0 Å². The van der Waals surface area contributed by atoms with Gasteiger partial charge in [-0.2, -0.15) is 11.3 Å². The molecule has 1 aliphatic rings. The summed E-state index contributed by atoms with van der Waals surface area (Å²) >= 11 is 1.76. The van der Waals surface area contributed by atoms with Gasteiger partial charge in [-0.15, -0.1) is 0 Å². The van der Waals surface area contributed by atoms with E-state index in [2.05, 4.69) is 22.1 Å². The summed E-state index contributed by atoms with van der Waals surface area (Å²) in [7, 11) is 0. The Morgan fingerprint density at radius 3 is 3.00 bits per heavy atom. The first-order chi connectivity index (χ1) is 8.45. The second-order valence-electron chi connectivity index (χ2n) is 4.31. The Bertz CT molecular complexity index is 284. The zero-order chi connectivity index (χ0) is 11.8. The molecule has 1 aromatic heterocycles. The van der Waals surface area contributed by atoms with Crippen molar-refractivity contribution >= 4 is 11.3 Å². The Kier molecular flexibility index (Phi) is 5.99. The molecule has 1 aromatic rings. The van der Waals surface area contributed by atoms with Gasteiger partial charge in [0.2, 0.25) is 0 Å². The minimum Gasteiger partial charge on any atom is -0.381 e. The van der Waals surface area contributed by atoms with Crippen LogP contribution in [0.3, 0.4) is 0 Å². The number of rotatable bonds is 7. The second kappa shape index (κ2) is 7.82. The van der Waals surface area contributed by atoms with E-state index in [1.165, 1.54) is 5.56 Å². The van der Waals surface area contributed by atoms with Crippen LogP contribution < -0.4 is 5.32 Å². The molecular formula is C13H21NO2S. The smallest absolute Gasteiger partial charge is 0.0619 e. The van der Waals surface area contributed by atoms with Gasteiger partial charge in [-0.25, -0.2) is 0 Å². The lowest BCUT2D eigenvalue weighted by Gasteiger charge is -2.22. The van der Waals surface area contributed by atoms with Crippen molar-refractivity contribution < 1.29 is 9.47 Å². The fourth-order valence-corrected chi connectivity index (χ4v) is 2.64. The minimum atomic E-state index is 0.419. The highest BCUT2D eigenvalue weighted by Crippen LogP contribution is 2.09. The number of hydrogen-bond acceptors (Lipinski definition) is 4. The Hall–Kier alpha value is -0.420. The van der Waals surface area contributed by atoms with Crippen LogP contribution in [-0.4, -0.2) is 39.0 Å². The molecule has 3 nitrogen and oxygen atoms in total. The van der Waals surface area contributed by atoms with E-state index in [1.54, 1.807) is 11.3 Å². The van der Waals surface area contributed by atoms with Crippen LogP contribution in [0.15, 0.2) is 16.8 Å². The van der Waals surface area contributed by atoms with E-state index in [9.17, 15) is 0 Å². The molecular weight excluding hydrogens is 234 g/mol. The van der Waals surface area contributed by atoms with Gasteiger partial charge >= 0.3 is 0 Å². The lowest BCUT2D eigenvalue weighted by atomic mass is 10.2. The molecule has 0 aromatic carbocycles. The van der Waals surface area contributed by atoms with E-state index in [0.29, 0.717) is 6.10 Å². The van der Waals surface area contributed by atoms with Gasteiger partial charge in [-0.05, 0) is 48.2 Å². The summed E-state index contributed by atoms with van der Waals surface area (Å²) in [4.78, 5) is 0. The monoisotopic (exact) mass is 255 g/mol. The molecule has 0 spiro atoms. The third-order valence-electron chi connectivity index (χ3n) is 2.97. The maximum Gasteiger partial charge on any atom is 0.0619 e. The van der Waals surface area contributed by atoms with E-state index >= 15 is 0 Å². The Morgan fingerprint density at radius 2 is 2.24 bits per heavy atom. The molecule has 96 valence electrons. The zero-order valence-electron chi connectivity index (χ0n) is 10.2. The van der Waals surface area contributed by atoms with Crippen molar-refractivity contribution in [3.05, 3.63) is 22.4 Å². The van der Waals surface area contributed by atoms with Crippen LogP contribution in [0.5, 0.6) is 0 Å². The molecule has 0 bridgehead atoms. The highest BCUT2D eigenvalue weighted by Gasteiger charge is 2.13. The van der Waals surface area contributed by atoms with Gasteiger partial charge in [0.1, 0.15) is 0 Å². The zero-order valence-corrected chi connectivity index (χ0v) is 11.0. The molecule has 1 saturated heterocycles. The third kappa shape index (κ3) is 5.17. The lowest BCUT2D eigenvalue weighted by molar-refractivity contribution is -0.0304. The van der Waals surface area contributed by atoms with Crippen molar-refractivity contribution in [2.45, 2.75) is 25.4 Å². The van der Waals surface area contributed by atoms with Gasteiger partial charge in [0.15, 0.2) is 0 Å². The van der Waals surface area contributed by atoms with Crippen LogP contribution in [0.25, 0.3) is 0 Å². The Morgan fingerprint density at radius 1 is 1.35 bits per heavy atom. The van der Waals surface area contributed by atoms with Gasteiger partial charge in [-0.1, -0.05) is 0 Å². The normalized spacial score (nSPS) is 17.4. The van der Waals surface area contributed by atoms with Gasteiger partial charge in [0.25, 0.3) is 0 Å². The second-order valence-corrected chi connectivity index (χ2v) is 5.09. The number of hydrogen-bond donors (Lipinski definition) is 1. The summed E-state index contributed by atoms with van der Waals surface area (Å²) in [6, 6.07) is 2.19. The highest BCUT2D eigenvalue weighted by molar-refractivity contribution is 7.07. The van der Waals surface area contributed by atoms with Crippen molar-refractivity contribution in [3.63, 3.8) is 0 Å². The molecule has 4 heteroatoms. The topological polar surface area (TPSA) is 30.5 Å². The molecule has 2 heterocycles. The van der Waals surface area contributed by atoms with Crippen LogP contribution in [0.1, 0.15) is 18.4 Å². The number of thiophene rings is 1. The third-order valence-corrected chi connectivity index (χ3v) is 3.70. The molecule has 0 aliphatic carbocycles. The van der Waals surface area contributed by atoms with Crippen molar-refractivity contribution in [3.8, 4) is 0 Å². The summed E-state index contributed by atoms with van der Waals surface area (Å²) in [6.07, 6.45) is 3.63. The van der Waals surface area contributed by atoms with Crippen LogP contribution >= 0.6 is 11.3 Å². The predicted octanol–water partition coefficient (Wildman–Crippen LogP) is 2.08. The highest BCUT2D eigenvalue weighted by atomic mass is 32.1. The predicted molar refractivity (Wildman–Crippen MR) is 70.7 cm³/mol. The lowest BCUT2D eigenvalue weighted by Crippen LogP contribution is -2.28. The molecule has 17 heavy (non-hydrogen) atoms. The summed E-state index contributed by atoms with van der Waals surface area (Å²) in [6.45, 7) is 4.51. The van der Waals surface area contributed by atoms with Crippen molar-refractivity contribution in [2.24, 2.45) is 0 Å². The molecule has 1 N–H and O–H groups in total. The molecule has 1 fully saturated rings. The van der Waals surface area contributed by atoms with Crippen LogP contribution in [0.2, 0.25) is 0 Å². The van der Waals surface area contributed by atoms with E-state index in [0.717, 1.165) is 52.2 Å². The summed E-state index contributed by atoms with van der Waals surface area (Å²) < 4.78 is 11.1. The largest absolute Gasteiger partial charge is 0.381 e. The molecule has 0 amide bonds. The SMILES string of the molecule is c1cc(CCNCCOC2CCOCC2)cs1. The molecule has 0 saturated carbocycles. The summed E-state index contributed by atoms with van der Waals surface area (Å²) in [5.41, 5.74) is 1.42. The van der Waals surface area contributed by atoms with Crippen molar-refractivity contribution in [2.75, 3.05) is 32.9 Å². The van der Waals surface area contributed by atoms with E-state index in [4.69, 9.17) is 9.47 Å². The van der Waals surface area contributed by atoms with E-state index in [-0.39, 0.29) is 0 Å². The summed E-state index contributed by atoms with van der Waals surface area (Å²) in [5.74, 6) is 0. The average molecular weight is 255 g/mol. The fourth-order valence-electron chi connectivity index (χ4n) is 1.93. The molecule has 0 radical (unpaired) electrons. The first-order valence-electron chi connectivity index (χ1n) is 6.36. The first-order valence-corrected chi connectivity index (χ1v) is 7.30. The van der Waals surface area contributed by atoms with E-state index < -0.39 is 0 Å². The van der Waals surface area contributed by atoms with Crippen LogP contribution in [0.4, 0.5) is 0 Å². The first kappa shape index (κ1) is 13.0. The van der Waals surface area contributed by atoms with Gasteiger partial charge in [0.05, 0.1) is 12.7 Å². The van der Waals surface area contributed by atoms with Crippen molar-refractivity contribution in [1.29, 1.82) is 0 Å². The Balaban J connectivity index is 1.43.